The molecule has 0 saturated heterocycles. The summed E-state index contributed by atoms with van der Waals surface area (Å²) < 4.78 is 2.84. The number of fused-ring (bicyclic) bond motifs is 2. The van der Waals surface area contributed by atoms with Crippen molar-refractivity contribution < 1.29 is 38.4 Å². The number of carboxylic acids is 2. The molecule has 0 aliphatic heterocycles. The number of unbranched alkanes of at least 4 members (excludes halogenated alkanes) is 8. The second-order valence-electron chi connectivity index (χ2n) is 22.9. The van der Waals surface area contributed by atoms with Gasteiger partial charge in [0.2, 0.25) is 0 Å². The van der Waals surface area contributed by atoms with Gasteiger partial charge < -0.3 is 50.0 Å². The van der Waals surface area contributed by atoms with E-state index in [1.165, 1.54) is 188 Å². The molecule has 4 amide bonds. The molecule has 0 aliphatic rings. The number of nitrogens with one attached hydrogen (secondary N) is 4. The Kier molecular flexibility index (Phi) is 38.0. The van der Waals surface area contributed by atoms with Crippen molar-refractivity contribution in [3.8, 4) is 0 Å². The summed E-state index contributed by atoms with van der Waals surface area (Å²) in [4.78, 5) is 49.7. The Labute approximate surface area is 529 Å². The van der Waals surface area contributed by atoms with Crippen LogP contribution in [0.15, 0.2) is 164 Å². The van der Waals surface area contributed by atoms with E-state index in [2.05, 4.69) is 81.6 Å². The smallest absolute Gasteiger partial charge is 0.319 e. The molecule has 0 aliphatic carbocycles. The van der Waals surface area contributed by atoms with E-state index in [1.54, 1.807) is 36.4 Å². The van der Waals surface area contributed by atoms with E-state index in [0.29, 0.717) is 11.4 Å². The van der Waals surface area contributed by atoms with Crippen molar-refractivity contribution in [1.29, 1.82) is 0 Å². The van der Waals surface area contributed by atoms with Gasteiger partial charge in [0.05, 0.1) is 100 Å². The second-order valence-corrected chi connectivity index (χ2v) is 22.9. The number of nitrogens with zero attached hydrogens (tertiary/aromatic N) is 3. The lowest BCUT2D eigenvalue weighted by atomic mass is 10.1. The third-order valence-corrected chi connectivity index (χ3v) is 15.7. The summed E-state index contributed by atoms with van der Waals surface area (Å²) in [6.45, 7) is 30.6. The molecule has 1 heterocycles. The van der Waals surface area contributed by atoms with E-state index in [1.807, 2.05) is 103 Å². The Morgan fingerprint density at radius 2 is 0.602 bits per heavy atom. The molecule has 0 bridgehead atoms. The Bertz CT molecular complexity index is 2730. The Morgan fingerprint density at radius 1 is 0.341 bits per heavy atom. The van der Waals surface area contributed by atoms with Crippen molar-refractivity contribution in [3.63, 3.8) is 0 Å². The van der Waals surface area contributed by atoms with E-state index < -0.39 is 11.9 Å². The van der Waals surface area contributed by atoms with Crippen molar-refractivity contribution in [2.45, 2.75) is 171 Å². The van der Waals surface area contributed by atoms with Crippen LogP contribution in [0, 0.1) is 0 Å². The standard InChI is InChI=1S/C29H25N5O2.2C16H36N.2C7H6O2/c35-28(33-26-16-5-10-20-8-1-3-14-24(20)26)30-18-22-12-7-13-23(32-22)19-31-29(36)34-27-17-6-11-21-9-2-4-15-25(21)27;2*1-5-9-13-17(14-10-6-2,15-11-7-3)16-12-8-4;2*8-7(9)6-4-2-1-3-5-6/h1-17H,18-19H2,(H2,30,33,35)(H2,31,34,36);2*5-16H2,1-4H3;2*1-5H,(H,8,9)/q;2*+1;;/p-2. The first kappa shape index (κ1) is 74.6. The Hall–Kier alpha value is -7.61. The number of anilines is 2. The maximum Gasteiger partial charge on any atom is 0.319 e. The van der Waals surface area contributed by atoms with Gasteiger partial charge in [0.1, 0.15) is 0 Å². The van der Waals surface area contributed by atoms with Gasteiger partial charge >= 0.3 is 12.1 Å². The highest BCUT2D eigenvalue weighted by Gasteiger charge is 2.26. The first-order chi connectivity index (χ1) is 42.7. The molecule has 4 N–H and O–H groups in total. The zero-order valence-electron chi connectivity index (χ0n) is 54.8. The molecule has 13 heteroatoms. The number of hydrogen-bond donors (Lipinski definition) is 4. The van der Waals surface area contributed by atoms with Crippen LogP contribution in [0.1, 0.15) is 190 Å². The van der Waals surface area contributed by atoms with Crippen molar-refractivity contribution in [2.24, 2.45) is 0 Å². The lowest BCUT2D eigenvalue weighted by molar-refractivity contribution is -0.929. The molecule has 0 radical (unpaired) electrons. The minimum atomic E-state index is -1.13. The predicted octanol–water partition coefficient (Wildman–Crippen LogP) is 16.1. The number of carbonyl (C=O) groups excluding carboxylic acids is 4. The quantitative estimate of drug-likeness (QED) is 0.0304. The van der Waals surface area contributed by atoms with Gasteiger partial charge in [0.25, 0.3) is 0 Å². The number of benzene rings is 6. The summed E-state index contributed by atoms with van der Waals surface area (Å²) in [5.41, 5.74) is 3.31. The third-order valence-electron chi connectivity index (χ3n) is 15.7. The van der Waals surface area contributed by atoms with Crippen LogP contribution in [0.25, 0.3) is 21.5 Å². The molecule has 0 unspecified atom stereocenters. The summed E-state index contributed by atoms with van der Waals surface area (Å²) in [7, 11) is 0. The first-order valence-electron chi connectivity index (χ1n) is 33.0. The maximum absolute atomic E-state index is 12.5. The van der Waals surface area contributed by atoms with E-state index in [9.17, 15) is 29.4 Å². The highest BCUT2D eigenvalue weighted by molar-refractivity contribution is 6.02. The second kappa shape index (κ2) is 44.8. The molecular formula is C75H107N7O6. The van der Waals surface area contributed by atoms with E-state index in [4.69, 9.17) is 0 Å². The summed E-state index contributed by atoms with van der Waals surface area (Å²) >= 11 is 0. The van der Waals surface area contributed by atoms with Crippen LogP contribution < -0.4 is 31.5 Å². The first-order valence-corrected chi connectivity index (χ1v) is 33.0. The molecule has 478 valence electrons. The number of amides is 4. The van der Waals surface area contributed by atoms with Crippen LogP contribution in [-0.4, -0.2) is 90.3 Å². The van der Waals surface area contributed by atoms with Crippen molar-refractivity contribution in [2.75, 3.05) is 63.0 Å². The van der Waals surface area contributed by atoms with Gasteiger partial charge in [-0.05, 0) is 97.5 Å². The normalized spacial score (nSPS) is 10.8. The Balaban J connectivity index is 0.000000326. The molecule has 0 atom stereocenters. The van der Waals surface area contributed by atoms with E-state index in [0.717, 1.165) is 32.9 Å². The van der Waals surface area contributed by atoms with Gasteiger partial charge in [-0.25, -0.2) is 9.59 Å². The molecule has 88 heavy (non-hydrogen) atoms. The van der Waals surface area contributed by atoms with E-state index in [-0.39, 0.29) is 36.3 Å². The zero-order valence-corrected chi connectivity index (χ0v) is 54.8. The molecule has 7 rings (SSSR count). The van der Waals surface area contributed by atoms with Crippen molar-refractivity contribution in [3.05, 3.63) is 186 Å². The third kappa shape index (κ3) is 29.4. The molecule has 0 saturated carbocycles. The fraction of sp³-hybridized carbons (Fsp3) is 0.453. The highest BCUT2D eigenvalue weighted by atomic mass is 16.4. The lowest BCUT2D eigenvalue weighted by Crippen LogP contribution is -2.50. The number of urea groups is 2. The number of rotatable bonds is 32. The minimum absolute atomic E-state index is 0.220. The zero-order chi connectivity index (χ0) is 64.1. The van der Waals surface area contributed by atoms with Gasteiger partial charge in [-0.15, -0.1) is 0 Å². The van der Waals surface area contributed by atoms with Crippen LogP contribution >= 0.6 is 0 Å². The van der Waals surface area contributed by atoms with Crippen LogP contribution in [-0.2, 0) is 13.1 Å². The van der Waals surface area contributed by atoms with Crippen molar-refractivity contribution >= 4 is 56.9 Å². The molecule has 0 spiro atoms. The van der Waals surface area contributed by atoms with Gasteiger partial charge in [0.15, 0.2) is 0 Å². The monoisotopic (exact) mass is 1200 g/mol. The van der Waals surface area contributed by atoms with Gasteiger partial charge in [-0.2, -0.15) is 0 Å². The van der Waals surface area contributed by atoms with Gasteiger partial charge in [0, 0.05) is 10.8 Å². The van der Waals surface area contributed by atoms with E-state index >= 15 is 0 Å². The number of quaternary nitrogens is 2. The summed E-state index contributed by atoms with van der Waals surface area (Å²) in [6.07, 6.45) is 22.1. The molecule has 0 fully saturated rings. The largest absolute Gasteiger partial charge is 0.545 e. The lowest BCUT2D eigenvalue weighted by Gasteiger charge is -2.39. The van der Waals surface area contributed by atoms with Crippen LogP contribution in [0.4, 0.5) is 21.0 Å². The molecule has 1 aromatic heterocycles. The van der Waals surface area contributed by atoms with Crippen LogP contribution in [0.3, 0.4) is 0 Å². The fourth-order valence-corrected chi connectivity index (χ4v) is 10.5. The van der Waals surface area contributed by atoms with Gasteiger partial charge in [-0.1, -0.05) is 246 Å². The average Bonchev–Trinajstić information content (AvgIpc) is 3.76. The number of carboxylic acid groups (broad SMARTS) is 2. The summed E-state index contributed by atoms with van der Waals surface area (Å²) in [5, 5.41) is 35.7. The average molecular weight is 1200 g/mol. The Morgan fingerprint density at radius 3 is 0.875 bits per heavy atom. The molecule has 13 nitrogen and oxygen atoms in total. The predicted molar refractivity (Wildman–Crippen MR) is 364 cm³/mol. The van der Waals surface area contributed by atoms with Crippen LogP contribution in [0.2, 0.25) is 0 Å². The number of pyridine rings is 1. The van der Waals surface area contributed by atoms with Crippen LogP contribution in [0.5, 0.6) is 0 Å². The number of hydrogen-bond acceptors (Lipinski definition) is 7. The topological polar surface area (TPSA) is 175 Å². The summed E-state index contributed by atoms with van der Waals surface area (Å²) in [6, 6.07) is 48.3. The maximum atomic E-state index is 12.5. The molecule has 7 aromatic rings. The fourth-order valence-electron chi connectivity index (χ4n) is 10.5. The van der Waals surface area contributed by atoms with Crippen molar-refractivity contribution in [1.82, 2.24) is 15.6 Å². The number of aromatic nitrogens is 1. The molecule has 6 aromatic carbocycles. The number of aromatic carboxylic acids is 2. The SMILES string of the molecule is CCCC[N+](CCCC)(CCCC)CCCC.CCCC[N+](CCCC)(CCCC)CCCC.O=C(NCc1cccc(CNC(=O)Nc2cccc3ccccc23)n1)Nc1cccc2ccccc12.O=C([O-])c1ccccc1.O=C([O-])c1ccccc1. The summed E-state index contributed by atoms with van der Waals surface area (Å²) in [5.74, 6) is -2.26. The number of carbonyl (C=O) groups is 4. The minimum Gasteiger partial charge on any atom is -0.545 e. The van der Waals surface area contributed by atoms with Gasteiger partial charge in [-0.3, -0.25) is 4.98 Å². The highest BCUT2D eigenvalue weighted by Crippen LogP contribution is 2.25. The molecular weight excluding hydrogens is 1090 g/mol.